The second-order valence-corrected chi connectivity index (χ2v) is 7.73. The van der Waals surface area contributed by atoms with Crippen LogP contribution in [0.1, 0.15) is 52.9 Å². The van der Waals surface area contributed by atoms with Crippen molar-refractivity contribution in [1.82, 2.24) is 0 Å². The predicted octanol–water partition coefficient (Wildman–Crippen LogP) is 4.59. The zero-order valence-electron chi connectivity index (χ0n) is 15.5. The van der Waals surface area contributed by atoms with Crippen molar-refractivity contribution in [2.24, 2.45) is 0 Å². The van der Waals surface area contributed by atoms with Gasteiger partial charge in [-0.15, -0.1) is 0 Å². The first-order valence-electron chi connectivity index (χ1n) is 8.49. The van der Waals surface area contributed by atoms with E-state index in [1.807, 2.05) is 31.2 Å². The molecular formula is C21H28LiO2P. The molecule has 0 amide bonds. The quantitative estimate of drug-likeness (QED) is 0.562. The van der Waals surface area contributed by atoms with E-state index in [1.165, 1.54) is 11.1 Å². The van der Waals surface area contributed by atoms with E-state index in [2.05, 4.69) is 40.7 Å². The molecule has 0 aliphatic carbocycles. The minimum atomic E-state index is 0. The summed E-state index contributed by atoms with van der Waals surface area (Å²) in [6.07, 6.45) is 1.19. The van der Waals surface area contributed by atoms with Crippen molar-refractivity contribution in [3.8, 4) is 5.75 Å². The Morgan fingerprint density at radius 1 is 1.04 bits per heavy atom. The first-order valence-corrected chi connectivity index (χ1v) is 9.49. The fourth-order valence-electron chi connectivity index (χ4n) is 2.76. The fourth-order valence-corrected chi connectivity index (χ4v) is 3.86. The van der Waals surface area contributed by atoms with Crippen molar-refractivity contribution in [1.29, 1.82) is 0 Å². The first kappa shape index (κ1) is 22.0. The Bertz CT molecular complexity index is 739. The Labute approximate surface area is 165 Å². The number of ether oxygens (including phenoxy) is 1. The third-order valence-corrected chi connectivity index (χ3v) is 5.71. The van der Waals surface area contributed by atoms with Crippen LogP contribution in [0.2, 0.25) is 0 Å². The van der Waals surface area contributed by atoms with Gasteiger partial charge in [-0.2, -0.15) is 0 Å². The van der Waals surface area contributed by atoms with Crippen molar-refractivity contribution in [2.45, 2.75) is 54.1 Å². The Hall–Kier alpha value is -1.06. The predicted molar refractivity (Wildman–Crippen MR) is 112 cm³/mol. The molecule has 2 atom stereocenters. The van der Waals surface area contributed by atoms with Crippen LogP contribution in [0.15, 0.2) is 30.3 Å². The van der Waals surface area contributed by atoms with Gasteiger partial charge >= 0.3 is 18.9 Å². The molecule has 2 unspecified atom stereocenters. The topological polar surface area (TPSA) is 26.3 Å². The van der Waals surface area contributed by atoms with Crippen LogP contribution < -0.4 is 10.0 Å². The molecule has 2 aromatic carbocycles. The van der Waals surface area contributed by atoms with Crippen LogP contribution in [0.5, 0.6) is 5.75 Å². The van der Waals surface area contributed by atoms with Crippen LogP contribution in [-0.4, -0.2) is 30.5 Å². The number of carbonyl (C=O) groups excluding carboxylic acids is 1. The van der Waals surface area contributed by atoms with E-state index in [4.69, 9.17) is 4.74 Å². The van der Waals surface area contributed by atoms with E-state index in [0.29, 0.717) is 0 Å². The molecule has 0 aliphatic rings. The maximum atomic E-state index is 12.8. The molecule has 2 rings (SSSR count). The van der Waals surface area contributed by atoms with Crippen molar-refractivity contribution in [3.63, 3.8) is 0 Å². The number of benzene rings is 2. The summed E-state index contributed by atoms with van der Waals surface area (Å²) >= 11 is 0. The van der Waals surface area contributed by atoms with Gasteiger partial charge in [0.1, 0.15) is 5.75 Å². The summed E-state index contributed by atoms with van der Waals surface area (Å²) in [6, 6.07) is 10.0. The number of carbonyl (C=O) groups is 1. The molecule has 0 aromatic heterocycles. The summed E-state index contributed by atoms with van der Waals surface area (Å²) in [6.45, 7) is 12.4. The van der Waals surface area contributed by atoms with Crippen LogP contribution >= 0.6 is 8.58 Å². The van der Waals surface area contributed by atoms with Crippen molar-refractivity contribution in [3.05, 3.63) is 58.1 Å². The fraction of sp³-hybridized carbons (Fsp3) is 0.381. The molecule has 2 aromatic rings. The monoisotopic (exact) mass is 350 g/mol. The standard InChI is InChI=1S/C21H27O2P.Li.H/c1-7-15(4)23-18-8-10-19(11-9-18)24-21(22)20-14(3)12-13(2)16(5)17(20)6;;/h8-12,15,24H,7H2,1-6H3;;. The zero-order chi connectivity index (χ0) is 17.9. The molecule has 0 radical (unpaired) electrons. The van der Waals surface area contributed by atoms with Gasteiger partial charge in [-0.1, -0.05) is 25.1 Å². The molecule has 0 N–H and O–H groups in total. The molecule has 4 heteroatoms. The molecule has 25 heavy (non-hydrogen) atoms. The van der Waals surface area contributed by atoms with Crippen LogP contribution in [0.25, 0.3) is 0 Å². The SMILES string of the molecule is CCC(C)Oc1ccc(PC(=O)c2c(C)cc(C)c(C)c2C)cc1.[LiH]. The Morgan fingerprint density at radius 2 is 1.64 bits per heavy atom. The molecule has 0 saturated carbocycles. The molecule has 0 saturated heterocycles. The van der Waals surface area contributed by atoms with E-state index in [1.54, 1.807) is 0 Å². The molecule has 0 heterocycles. The van der Waals surface area contributed by atoms with Crippen LogP contribution in [-0.2, 0) is 0 Å². The third kappa shape index (κ3) is 5.45. The first-order chi connectivity index (χ1) is 11.3. The van der Waals surface area contributed by atoms with Gasteiger partial charge in [0.2, 0.25) is 0 Å². The van der Waals surface area contributed by atoms with Crippen LogP contribution in [0.3, 0.4) is 0 Å². The Kier molecular flexibility index (Phi) is 8.43. The summed E-state index contributed by atoms with van der Waals surface area (Å²) in [5.74, 6) is 0.865. The van der Waals surface area contributed by atoms with Crippen LogP contribution in [0, 0.1) is 27.7 Å². The normalized spacial score (nSPS) is 12.1. The summed E-state index contributed by atoms with van der Waals surface area (Å²) in [7, 11) is 0.140. The van der Waals surface area contributed by atoms with E-state index in [-0.39, 0.29) is 39.1 Å². The van der Waals surface area contributed by atoms with Crippen molar-refractivity contribution < 1.29 is 9.53 Å². The molecule has 0 spiro atoms. The van der Waals surface area contributed by atoms with Gasteiger partial charge in [-0.3, -0.25) is 4.79 Å². The number of hydrogen-bond acceptors (Lipinski definition) is 2. The van der Waals surface area contributed by atoms with Crippen molar-refractivity contribution in [2.75, 3.05) is 0 Å². The zero-order valence-corrected chi connectivity index (χ0v) is 16.5. The molecule has 2 nitrogen and oxygen atoms in total. The van der Waals surface area contributed by atoms with Gasteiger partial charge < -0.3 is 4.74 Å². The molecular weight excluding hydrogens is 322 g/mol. The summed E-state index contributed by atoms with van der Waals surface area (Å²) in [5, 5.41) is 1.05. The number of aryl methyl sites for hydroxylation is 2. The number of hydrogen-bond donors (Lipinski definition) is 0. The van der Waals surface area contributed by atoms with Gasteiger partial charge in [0.15, 0.2) is 5.52 Å². The van der Waals surface area contributed by atoms with E-state index < -0.39 is 0 Å². The van der Waals surface area contributed by atoms with E-state index >= 15 is 0 Å². The van der Waals surface area contributed by atoms with Gasteiger partial charge in [-0.05, 0) is 89.3 Å². The molecule has 130 valence electrons. The summed E-state index contributed by atoms with van der Waals surface area (Å²) in [4.78, 5) is 12.8. The van der Waals surface area contributed by atoms with Crippen LogP contribution in [0.4, 0.5) is 0 Å². The third-order valence-electron chi connectivity index (χ3n) is 4.61. The summed E-state index contributed by atoms with van der Waals surface area (Å²) < 4.78 is 5.79. The second kappa shape index (κ2) is 9.58. The average molecular weight is 350 g/mol. The van der Waals surface area contributed by atoms with Crippen molar-refractivity contribution >= 4 is 38.3 Å². The maximum absolute atomic E-state index is 12.8. The number of rotatable bonds is 6. The van der Waals surface area contributed by atoms with Gasteiger partial charge in [-0.25, -0.2) is 0 Å². The molecule has 0 fully saturated rings. The summed E-state index contributed by atoms with van der Waals surface area (Å²) in [5.41, 5.74) is 5.74. The molecule has 0 aliphatic heterocycles. The Morgan fingerprint density at radius 3 is 2.20 bits per heavy atom. The molecule has 0 bridgehead atoms. The van der Waals surface area contributed by atoms with Gasteiger partial charge in [0, 0.05) is 5.56 Å². The van der Waals surface area contributed by atoms with Gasteiger partial charge in [0.25, 0.3) is 0 Å². The average Bonchev–Trinajstić information content (AvgIpc) is 2.54. The Balaban J connectivity index is 0.00000312. The van der Waals surface area contributed by atoms with E-state index in [0.717, 1.165) is 34.2 Å². The van der Waals surface area contributed by atoms with Gasteiger partial charge in [0.05, 0.1) is 6.10 Å². The minimum absolute atomic E-state index is 0. The second-order valence-electron chi connectivity index (χ2n) is 6.45. The van der Waals surface area contributed by atoms with E-state index in [9.17, 15) is 4.79 Å².